The number of piperazine rings is 1. The average Bonchev–Trinajstić information content (AvgIpc) is 1.89. The van der Waals surface area contributed by atoms with Crippen molar-refractivity contribution >= 4 is 28.9 Å². The van der Waals surface area contributed by atoms with Crippen molar-refractivity contribution in [2.45, 2.75) is 193 Å². The second kappa shape index (κ2) is 46.2. The van der Waals surface area contributed by atoms with E-state index in [0.29, 0.717) is 37.2 Å². The van der Waals surface area contributed by atoms with E-state index in [1.165, 1.54) is 154 Å². The van der Waals surface area contributed by atoms with Crippen LogP contribution in [0.2, 0.25) is 0 Å². The number of ether oxygens (including phenoxy) is 1. The molecule has 5 aromatic carbocycles. The molecular weight excluding hydrogens is 1190 g/mol. The Kier molecular flexibility index (Phi) is 40.5. The van der Waals surface area contributed by atoms with Gasteiger partial charge in [0.1, 0.15) is 0 Å². The fourth-order valence-corrected chi connectivity index (χ4v) is 14.5. The summed E-state index contributed by atoms with van der Waals surface area (Å²) in [5.74, 6) is 4.58. The zero-order valence-corrected chi connectivity index (χ0v) is 53.3. The monoisotopic (exact) mass is 1320 g/mol. The minimum absolute atomic E-state index is 0. The molecule has 96 heavy (non-hydrogen) atoms. The number of hydrogen-bond donors (Lipinski definition) is 11. The van der Waals surface area contributed by atoms with E-state index >= 15 is 0 Å². The van der Waals surface area contributed by atoms with Gasteiger partial charge < -0.3 is 68.1 Å². The molecule has 2 amide bonds. The molecule has 14 aliphatic rings. The second-order valence-corrected chi connectivity index (χ2v) is 26.1. The Bertz CT molecular complexity index is 2710. The van der Waals surface area contributed by atoms with E-state index in [0.717, 1.165) is 132 Å². The van der Waals surface area contributed by atoms with E-state index in [4.69, 9.17) is 4.74 Å². The third-order valence-corrected chi connectivity index (χ3v) is 19.7. The van der Waals surface area contributed by atoms with Gasteiger partial charge in [0.15, 0.2) is 0 Å². The van der Waals surface area contributed by atoms with Gasteiger partial charge in [0.25, 0.3) is 0 Å². The highest BCUT2D eigenvalue weighted by Gasteiger charge is 2.33. The van der Waals surface area contributed by atoms with Crippen LogP contribution in [0, 0.1) is 23.7 Å². The smallest absolute Gasteiger partial charge is 0.238 e. The van der Waals surface area contributed by atoms with Crippen LogP contribution in [0.5, 0.6) is 0 Å². The lowest BCUT2D eigenvalue weighted by atomic mass is 9.76. The van der Waals surface area contributed by atoms with Gasteiger partial charge >= 0.3 is 0 Å². The fraction of sp³-hybridized carbons (Fsp3) is 0.580. The number of carbonyl (C=O) groups is 2. The Morgan fingerprint density at radius 1 is 0.396 bits per heavy atom. The highest BCUT2D eigenvalue weighted by molar-refractivity contribution is 5.93. The normalized spacial score (nSPS) is 23.9. The van der Waals surface area contributed by atoms with Gasteiger partial charge in [0.2, 0.25) is 11.8 Å². The molecule has 2 saturated carbocycles. The number of para-hydroxylation sites is 3. The number of benzene rings is 5. The molecule has 9 fully saturated rings. The number of anilines is 3. The van der Waals surface area contributed by atoms with Crippen LogP contribution in [-0.2, 0) is 59.8 Å². The van der Waals surface area contributed by atoms with E-state index in [2.05, 4.69) is 162 Å². The second-order valence-electron chi connectivity index (χ2n) is 26.1. The highest BCUT2D eigenvalue weighted by atomic mass is 16.5. The topological polar surface area (TPSA) is 179 Å². The first-order valence-electron chi connectivity index (χ1n) is 34.3. The van der Waals surface area contributed by atoms with Gasteiger partial charge in [-0.2, -0.15) is 0 Å². The largest absolute Gasteiger partial charge is 0.385 e. The zero-order chi connectivity index (χ0) is 61.1. The predicted molar refractivity (Wildman–Crippen MR) is 412 cm³/mol. The van der Waals surface area contributed by atoms with Crippen LogP contribution in [0.1, 0.15) is 168 Å². The van der Waals surface area contributed by atoms with Crippen LogP contribution in [0.4, 0.5) is 17.1 Å². The summed E-state index contributed by atoms with van der Waals surface area (Å²) in [5.41, 5.74) is 14.5. The van der Waals surface area contributed by atoms with E-state index in [-0.39, 0.29) is 57.9 Å². The molecule has 19 rings (SSSR count). The summed E-state index contributed by atoms with van der Waals surface area (Å²) in [5, 5.41) is 36.0. The minimum Gasteiger partial charge on any atom is -0.385 e. The zero-order valence-electron chi connectivity index (χ0n) is 53.3. The van der Waals surface area contributed by atoms with Crippen LogP contribution in [0.25, 0.3) is 0 Å². The molecule has 11 N–H and O–H groups in total. The van der Waals surface area contributed by atoms with E-state index in [1.54, 1.807) is 0 Å². The van der Waals surface area contributed by atoms with Crippen molar-refractivity contribution in [1.29, 1.82) is 0 Å². The molecule has 2 aliphatic carbocycles. The molecule has 5 atom stereocenters. The number of hydrogen-bond acceptors (Lipinski definition) is 13. The minimum atomic E-state index is 0. The number of fused-ring (bicyclic) bond motifs is 12. The van der Waals surface area contributed by atoms with Crippen molar-refractivity contribution < 1.29 is 14.3 Å². The van der Waals surface area contributed by atoms with Gasteiger partial charge in [0, 0.05) is 107 Å². The standard InChI is InChI=1S/C9H10N2O.C9H11N.C9H17N.C9H11N.C8H15N.2C8H9N.2C7H12N2O.7CH4/c12-9-6-10-5-7-3-1-2-4-8(7)11-9;1-2-6-9-8(4-1)5-3-7-10-9;2*1-2-4-9-7-10-6-5-8(9)3-1;1-2-8-4-3-7(1)5-9-6-8;1-2-4-8-6-9-5-7(8)3-1;1-2-4-8-7(3-1)5-6-9-8;1-5-4-10-7-3-8-2-6(7)9-5;10-7-2-1-6-5-8-3-4-9(6)7;;;;;;;/h1-4,10H,5-6H2,(H,11,12);1-2,4,6,10H,3,5,7H2;8-10H,1-7H2;1-4,10H,5-7H2;7-9H,1-6H2;2*1-4,9H,5-6H2;6-9H,1-4H2;6,8H,1-5H2;7*1H4. The maximum atomic E-state index is 11.1. The average molecular weight is 1320 g/mol. The van der Waals surface area contributed by atoms with Gasteiger partial charge in [-0.3, -0.25) is 9.59 Å². The molecular formula is C81H134N12O3. The first-order chi connectivity index (χ1) is 43.9. The Morgan fingerprint density at radius 2 is 0.917 bits per heavy atom. The maximum Gasteiger partial charge on any atom is 0.238 e. The first-order valence-corrected chi connectivity index (χ1v) is 34.3. The number of nitrogens with zero attached hydrogens (tertiary/aromatic N) is 1. The van der Waals surface area contributed by atoms with Crippen molar-refractivity contribution in [2.75, 3.05) is 108 Å². The van der Waals surface area contributed by atoms with Crippen molar-refractivity contribution in [3.05, 3.63) is 173 Å². The van der Waals surface area contributed by atoms with Gasteiger partial charge in [-0.05, 0) is 184 Å². The molecule has 15 nitrogen and oxygen atoms in total. The number of nitrogens with one attached hydrogen (secondary N) is 11. The molecule has 5 unspecified atom stereocenters. The number of morpholine rings is 1. The van der Waals surface area contributed by atoms with Gasteiger partial charge in [0.05, 0.1) is 25.3 Å². The molecule has 7 saturated heterocycles. The lowest BCUT2D eigenvalue weighted by molar-refractivity contribution is -0.129. The highest BCUT2D eigenvalue weighted by Crippen LogP contribution is 2.34. The third-order valence-electron chi connectivity index (χ3n) is 19.7. The van der Waals surface area contributed by atoms with Crippen LogP contribution in [0.15, 0.2) is 134 Å². The summed E-state index contributed by atoms with van der Waals surface area (Å²) in [7, 11) is 0. The summed E-state index contributed by atoms with van der Waals surface area (Å²) in [6.07, 6.45) is 20.5. The van der Waals surface area contributed by atoms with Crippen LogP contribution >= 0.6 is 0 Å². The first kappa shape index (κ1) is 84.1. The number of piperidine rings is 1. The van der Waals surface area contributed by atoms with Crippen molar-refractivity contribution in [3.63, 3.8) is 0 Å². The van der Waals surface area contributed by atoms with Crippen LogP contribution < -0.4 is 58.5 Å². The Balaban J connectivity index is 0.000000279. The Morgan fingerprint density at radius 3 is 1.55 bits per heavy atom. The fourth-order valence-electron chi connectivity index (χ4n) is 14.5. The summed E-state index contributed by atoms with van der Waals surface area (Å²) in [6, 6.07) is 42.9. The molecule has 12 heterocycles. The van der Waals surface area contributed by atoms with E-state index in [1.807, 2.05) is 29.2 Å². The number of carbonyl (C=O) groups excluding carboxylic acids is 2. The molecule has 12 aliphatic heterocycles. The quantitative estimate of drug-likeness (QED) is 0.0706. The van der Waals surface area contributed by atoms with Crippen LogP contribution in [-0.4, -0.2) is 127 Å². The molecule has 5 aromatic rings. The number of amides is 2. The molecule has 2 bridgehead atoms. The van der Waals surface area contributed by atoms with E-state index < -0.39 is 0 Å². The van der Waals surface area contributed by atoms with Gasteiger partial charge in [-0.15, -0.1) is 0 Å². The van der Waals surface area contributed by atoms with E-state index in [9.17, 15) is 9.59 Å². The summed E-state index contributed by atoms with van der Waals surface area (Å²) < 4.78 is 5.49. The number of rotatable bonds is 0. The summed E-state index contributed by atoms with van der Waals surface area (Å²) in [6.45, 7) is 22.2. The predicted octanol–water partition coefficient (Wildman–Crippen LogP) is 13.7. The lowest BCUT2D eigenvalue weighted by Gasteiger charge is -2.35. The lowest BCUT2D eigenvalue weighted by Crippen LogP contribution is -2.49. The maximum absolute atomic E-state index is 11.1. The third kappa shape index (κ3) is 26.6. The Hall–Kier alpha value is -6.14. The van der Waals surface area contributed by atoms with Crippen LogP contribution in [0.3, 0.4) is 0 Å². The van der Waals surface area contributed by atoms with Gasteiger partial charge in [-0.1, -0.05) is 181 Å². The van der Waals surface area contributed by atoms with Crippen molar-refractivity contribution in [2.24, 2.45) is 23.7 Å². The summed E-state index contributed by atoms with van der Waals surface area (Å²) >= 11 is 0. The Labute approximate surface area is 584 Å². The molecule has 15 heteroatoms. The molecule has 0 spiro atoms. The van der Waals surface area contributed by atoms with Crippen molar-refractivity contribution in [3.8, 4) is 0 Å². The molecule has 536 valence electrons. The molecule has 0 aromatic heterocycles. The van der Waals surface area contributed by atoms with Gasteiger partial charge in [-0.25, -0.2) is 0 Å². The van der Waals surface area contributed by atoms with Crippen molar-refractivity contribution in [1.82, 2.24) is 47.4 Å². The summed E-state index contributed by atoms with van der Waals surface area (Å²) in [4.78, 5) is 24.2. The molecule has 0 radical (unpaired) electrons. The SMILES string of the molecule is C.C.C.C.C.C.C.C1CC2CCC1CNC2.C1CCC2CNCCC2C1.C=C1COC2CNCC2N1.O=C1CCC2CNCCN12.O=C1CNCc2ccccc2N1.c1ccc2c(c1)CCCN2.c1ccc2c(c1)CCN2.c1ccc2c(c1)CCNC2.c1ccc2c(c1)CNC2. The number of aryl methyl sites for hydroxylation is 1.